The molecule has 0 radical (unpaired) electrons. The molecule has 8 heteroatoms. The van der Waals surface area contributed by atoms with Crippen molar-refractivity contribution in [3.8, 4) is 5.75 Å². The van der Waals surface area contributed by atoms with Crippen LogP contribution in [0.1, 0.15) is 13.3 Å². The highest BCUT2D eigenvalue weighted by molar-refractivity contribution is 7.91. The Labute approximate surface area is 140 Å². The van der Waals surface area contributed by atoms with Crippen molar-refractivity contribution in [1.29, 1.82) is 0 Å². The molecule has 1 aliphatic rings. The molecule has 0 spiro atoms. The lowest BCUT2D eigenvalue weighted by atomic mass is 10.3. The second-order valence-electron chi connectivity index (χ2n) is 5.36. The zero-order valence-electron chi connectivity index (χ0n) is 12.3. The zero-order chi connectivity index (χ0) is 16.5. The van der Waals surface area contributed by atoms with Gasteiger partial charge in [-0.15, -0.1) is 0 Å². The van der Waals surface area contributed by atoms with Gasteiger partial charge in [-0.3, -0.25) is 4.79 Å². The summed E-state index contributed by atoms with van der Waals surface area (Å²) in [6.07, 6.45) is 0.898. The Kier molecular flexibility index (Phi) is 5.25. The van der Waals surface area contributed by atoms with E-state index in [4.69, 9.17) is 27.9 Å². The third-order valence-electron chi connectivity index (χ3n) is 3.61. The Morgan fingerprint density at radius 2 is 2.09 bits per heavy atom. The van der Waals surface area contributed by atoms with Gasteiger partial charge in [0.15, 0.2) is 15.9 Å². The minimum absolute atomic E-state index is 0.208. The molecule has 0 N–H and O–H groups in total. The predicted molar refractivity (Wildman–Crippen MR) is 86.4 cm³/mol. The van der Waals surface area contributed by atoms with Gasteiger partial charge >= 0.3 is 0 Å². The second-order valence-corrected chi connectivity index (χ2v) is 8.53. The van der Waals surface area contributed by atoms with Crippen molar-refractivity contribution >= 4 is 38.9 Å². The lowest BCUT2D eigenvalue weighted by molar-refractivity contribution is -0.136. The van der Waals surface area contributed by atoms with Crippen LogP contribution in [0.15, 0.2) is 18.2 Å². The van der Waals surface area contributed by atoms with Crippen LogP contribution in [0.3, 0.4) is 0 Å². The van der Waals surface area contributed by atoms with Crippen molar-refractivity contribution < 1.29 is 17.9 Å². The monoisotopic (exact) mass is 365 g/mol. The normalized spacial score (nSPS) is 20.0. The largest absolute Gasteiger partial charge is 0.479 e. The van der Waals surface area contributed by atoms with Gasteiger partial charge in [0.25, 0.3) is 5.91 Å². The average Bonchev–Trinajstić information content (AvgIpc) is 2.90. The van der Waals surface area contributed by atoms with Crippen molar-refractivity contribution in [3.63, 3.8) is 0 Å². The molecule has 0 saturated carbocycles. The van der Waals surface area contributed by atoms with Crippen molar-refractivity contribution in [2.45, 2.75) is 24.7 Å². The molecule has 0 aliphatic carbocycles. The van der Waals surface area contributed by atoms with E-state index in [1.807, 2.05) is 0 Å². The van der Waals surface area contributed by atoms with Crippen molar-refractivity contribution in [2.24, 2.45) is 0 Å². The molecule has 0 bridgehead atoms. The van der Waals surface area contributed by atoms with Gasteiger partial charge in [0, 0.05) is 24.4 Å². The van der Waals surface area contributed by atoms with Crippen molar-refractivity contribution in [1.82, 2.24) is 4.90 Å². The van der Waals surface area contributed by atoms with E-state index in [1.54, 1.807) is 19.1 Å². The molecule has 2 unspecified atom stereocenters. The highest BCUT2D eigenvalue weighted by Gasteiger charge is 2.34. The third-order valence-corrected chi connectivity index (χ3v) is 5.73. The minimum Gasteiger partial charge on any atom is -0.479 e. The van der Waals surface area contributed by atoms with E-state index in [0.717, 1.165) is 0 Å². The molecule has 1 amide bonds. The number of rotatable bonds is 4. The summed E-state index contributed by atoms with van der Waals surface area (Å²) in [5, 5.41) is 0.303. The molecule has 1 heterocycles. The maximum atomic E-state index is 12.3. The summed E-state index contributed by atoms with van der Waals surface area (Å²) in [6, 6.07) is 4.75. The maximum Gasteiger partial charge on any atom is 0.263 e. The van der Waals surface area contributed by atoms with E-state index in [9.17, 15) is 13.2 Å². The quantitative estimate of drug-likeness (QED) is 0.821. The number of ether oxygens (including phenoxy) is 1. The summed E-state index contributed by atoms with van der Waals surface area (Å²) in [6.45, 7) is 2.24. The number of hydrogen-bond donors (Lipinski definition) is 0. The van der Waals surface area contributed by atoms with Crippen LogP contribution in [0.25, 0.3) is 0 Å². The van der Waals surface area contributed by atoms with Crippen LogP contribution in [0.4, 0.5) is 0 Å². The van der Waals surface area contributed by atoms with Crippen LogP contribution in [0.5, 0.6) is 5.75 Å². The lowest BCUT2D eigenvalue weighted by Crippen LogP contribution is -2.40. The molecule has 5 nitrogen and oxygen atoms in total. The van der Waals surface area contributed by atoms with Crippen LogP contribution in [-0.2, 0) is 14.6 Å². The van der Waals surface area contributed by atoms with Gasteiger partial charge < -0.3 is 9.64 Å². The molecule has 1 aliphatic heterocycles. The van der Waals surface area contributed by atoms with Gasteiger partial charge in [-0.2, -0.15) is 0 Å². The summed E-state index contributed by atoms with van der Waals surface area (Å²) in [4.78, 5) is 13.9. The topological polar surface area (TPSA) is 63.7 Å². The van der Waals surface area contributed by atoms with Gasteiger partial charge in [0.05, 0.1) is 10.3 Å². The van der Waals surface area contributed by atoms with Gasteiger partial charge in [-0.1, -0.05) is 23.2 Å². The van der Waals surface area contributed by atoms with E-state index in [1.165, 1.54) is 17.2 Å². The van der Waals surface area contributed by atoms with Gasteiger partial charge in [-0.25, -0.2) is 8.42 Å². The molecular formula is C14H17Cl2NO4S. The van der Waals surface area contributed by atoms with Crippen LogP contribution in [0, 0.1) is 0 Å². The van der Waals surface area contributed by atoms with Crippen LogP contribution in [-0.4, -0.2) is 49.9 Å². The number of sulfone groups is 1. The smallest absolute Gasteiger partial charge is 0.263 e. The molecule has 1 saturated heterocycles. The SMILES string of the molecule is CC(Oc1ccc(Cl)cc1Cl)C(=O)N1CCC(S(C)(=O)=O)C1. The molecule has 1 aromatic carbocycles. The van der Waals surface area contributed by atoms with Gasteiger partial charge in [0.2, 0.25) is 0 Å². The molecular weight excluding hydrogens is 349 g/mol. The summed E-state index contributed by atoms with van der Waals surface area (Å²) >= 11 is 11.8. The number of nitrogens with zero attached hydrogens (tertiary/aromatic N) is 1. The fourth-order valence-corrected chi connectivity index (χ4v) is 3.78. The Hall–Kier alpha value is -0.980. The number of halogens is 2. The summed E-state index contributed by atoms with van der Waals surface area (Å²) < 4.78 is 28.6. The Morgan fingerprint density at radius 3 is 2.64 bits per heavy atom. The number of amides is 1. The number of carbonyl (C=O) groups excluding carboxylic acids is 1. The lowest BCUT2D eigenvalue weighted by Gasteiger charge is -2.22. The first-order chi connectivity index (χ1) is 10.2. The van der Waals surface area contributed by atoms with E-state index >= 15 is 0 Å². The maximum absolute atomic E-state index is 12.3. The fraction of sp³-hybridized carbons (Fsp3) is 0.500. The van der Waals surface area contributed by atoms with Crippen molar-refractivity contribution in [2.75, 3.05) is 19.3 Å². The van der Waals surface area contributed by atoms with E-state index in [2.05, 4.69) is 0 Å². The first-order valence-corrected chi connectivity index (χ1v) is 9.49. The van der Waals surface area contributed by atoms with E-state index in [0.29, 0.717) is 28.8 Å². The van der Waals surface area contributed by atoms with Crippen LogP contribution < -0.4 is 4.74 Å². The molecule has 0 aromatic heterocycles. The standard InChI is InChI=1S/C14H17Cl2NO4S/c1-9(21-13-4-3-10(15)7-12(13)16)14(18)17-6-5-11(8-17)22(2,19)20/h3-4,7,9,11H,5-6,8H2,1-2H3. The molecule has 1 aromatic rings. The number of carbonyl (C=O) groups is 1. The summed E-state index contributed by atoms with van der Waals surface area (Å²) in [7, 11) is -3.14. The third kappa shape index (κ3) is 4.06. The highest BCUT2D eigenvalue weighted by Crippen LogP contribution is 2.28. The fourth-order valence-electron chi connectivity index (χ4n) is 2.35. The first kappa shape index (κ1) is 17.4. The number of hydrogen-bond acceptors (Lipinski definition) is 4. The summed E-state index contributed by atoms with van der Waals surface area (Å²) in [5.74, 6) is 0.114. The first-order valence-electron chi connectivity index (χ1n) is 6.78. The van der Waals surface area contributed by atoms with Crippen LogP contribution in [0.2, 0.25) is 10.0 Å². The molecule has 1 fully saturated rings. The molecule has 22 heavy (non-hydrogen) atoms. The van der Waals surface area contributed by atoms with Gasteiger partial charge in [0.1, 0.15) is 5.75 Å². The number of benzene rings is 1. The Morgan fingerprint density at radius 1 is 1.41 bits per heavy atom. The number of likely N-dealkylation sites (tertiary alicyclic amines) is 1. The average molecular weight is 366 g/mol. The summed E-state index contributed by atoms with van der Waals surface area (Å²) in [5.41, 5.74) is 0. The molecule has 2 rings (SSSR count). The molecule has 122 valence electrons. The Balaban J connectivity index is 2.01. The van der Waals surface area contributed by atoms with E-state index < -0.39 is 21.2 Å². The van der Waals surface area contributed by atoms with Gasteiger partial charge in [-0.05, 0) is 31.5 Å². The van der Waals surface area contributed by atoms with E-state index in [-0.39, 0.29) is 12.5 Å². The van der Waals surface area contributed by atoms with Crippen molar-refractivity contribution in [3.05, 3.63) is 28.2 Å². The van der Waals surface area contributed by atoms with Crippen LogP contribution >= 0.6 is 23.2 Å². The second kappa shape index (κ2) is 6.64. The predicted octanol–water partition coefficient (Wildman–Crippen LogP) is 2.41. The zero-order valence-corrected chi connectivity index (χ0v) is 14.6. The Bertz CT molecular complexity index is 677. The molecule has 2 atom stereocenters. The highest BCUT2D eigenvalue weighted by atomic mass is 35.5. The minimum atomic E-state index is -3.14.